The van der Waals surface area contributed by atoms with Crippen LogP contribution in [0.1, 0.15) is 15.9 Å². The highest BCUT2D eigenvalue weighted by Crippen LogP contribution is 2.20. The summed E-state index contributed by atoms with van der Waals surface area (Å²) in [6.45, 7) is 0. The largest absolute Gasteiger partial charge is 0.478 e. The second-order valence-electron chi connectivity index (χ2n) is 3.49. The van der Waals surface area contributed by atoms with Gasteiger partial charge in [-0.2, -0.15) is 0 Å². The van der Waals surface area contributed by atoms with E-state index in [1.165, 1.54) is 24.0 Å². The Labute approximate surface area is 107 Å². The van der Waals surface area contributed by atoms with Crippen LogP contribution in [0, 0.1) is 0 Å². The molecular weight excluding hydrogens is 252 g/mol. The van der Waals surface area contributed by atoms with Crippen molar-refractivity contribution in [3.05, 3.63) is 58.0 Å². The van der Waals surface area contributed by atoms with Crippen LogP contribution in [0.5, 0.6) is 0 Å². The van der Waals surface area contributed by atoms with E-state index in [-0.39, 0.29) is 11.1 Å². The zero-order chi connectivity index (χ0) is 13.0. The highest BCUT2D eigenvalue weighted by Gasteiger charge is 2.09. The molecule has 0 aliphatic heterocycles. The van der Waals surface area contributed by atoms with E-state index < -0.39 is 5.97 Å². The second-order valence-corrected chi connectivity index (χ2v) is 4.45. The smallest absolute Gasteiger partial charge is 0.335 e. The van der Waals surface area contributed by atoms with Crippen molar-refractivity contribution in [2.24, 2.45) is 0 Å². The number of H-pyrrole nitrogens is 1. The number of hydrogen-bond donors (Lipinski definition) is 2. The van der Waals surface area contributed by atoms with Crippen LogP contribution in [-0.2, 0) is 5.75 Å². The van der Waals surface area contributed by atoms with Gasteiger partial charge < -0.3 is 10.1 Å². The summed E-state index contributed by atoms with van der Waals surface area (Å²) in [5.41, 5.74) is 0.740. The van der Waals surface area contributed by atoms with Gasteiger partial charge in [0.1, 0.15) is 0 Å². The van der Waals surface area contributed by atoms with Gasteiger partial charge in [-0.05, 0) is 11.6 Å². The van der Waals surface area contributed by atoms with Gasteiger partial charge in [-0.1, -0.05) is 30.0 Å². The van der Waals surface area contributed by atoms with Crippen molar-refractivity contribution in [3.63, 3.8) is 0 Å². The molecule has 92 valence electrons. The number of thioether (sulfide) groups is 1. The molecule has 0 atom stereocenters. The van der Waals surface area contributed by atoms with Gasteiger partial charge >= 0.3 is 5.97 Å². The first-order valence-corrected chi connectivity index (χ1v) is 6.14. The van der Waals surface area contributed by atoms with Crippen molar-refractivity contribution in [1.82, 2.24) is 9.97 Å². The van der Waals surface area contributed by atoms with Crippen molar-refractivity contribution in [3.8, 4) is 0 Å². The molecule has 1 heterocycles. The molecule has 0 saturated heterocycles. The van der Waals surface area contributed by atoms with Crippen LogP contribution in [-0.4, -0.2) is 21.0 Å². The van der Waals surface area contributed by atoms with Gasteiger partial charge in [0, 0.05) is 18.0 Å². The number of aromatic amines is 1. The quantitative estimate of drug-likeness (QED) is 0.648. The molecule has 2 N–H and O–H groups in total. The summed E-state index contributed by atoms with van der Waals surface area (Å²) >= 11 is 1.29. The lowest BCUT2D eigenvalue weighted by atomic mass is 10.1. The van der Waals surface area contributed by atoms with E-state index >= 15 is 0 Å². The third-order valence-corrected chi connectivity index (χ3v) is 3.20. The molecule has 5 nitrogen and oxygen atoms in total. The zero-order valence-electron chi connectivity index (χ0n) is 9.29. The molecule has 18 heavy (non-hydrogen) atoms. The van der Waals surface area contributed by atoms with Crippen LogP contribution in [0.3, 0.4) is 0 Å². The second kappa shape index (κ2) is 5.50. The number of aromatic carboxylic acids is 1. The number of rotatable bonds is 4. The normalized spacial score (nSPS) is 10.2. The topological polar surface area (TPSA) is 83.0 Å². The molecule has 1 aromatic heterocycles. The Balaban J connectivity index is 2.16. The maximum Gasteiger partial charge on any atom is 0.335 e. The fraction of sp³-hybridized carbons (Fsp3) is 0.0833. The fourth-order valence-corrected chi connectivity index (χ4v) is 2.28. The Kier molecular flexibility index (Phi) is 3.78. The average molecular weight is 262 g/mol. The summed E-state index contributed by atoms with van der Waals surface area (Å²) in [5.74, 6) is -0.518. The van der Waals surface area contributed by atoms with E-state index in [9.17, 15) is 9.59 Å². The first kappa shape index (κ1) is 12.4. The number of carbonyl (C=O) groups is 1. The maximum absolute atomic E-state index is 11.1. The number of carboxylic acid groups (broad SMARTS) is 1. The van der Waals surface area contributed by atoms with Crippen molar-refractivity contribution >= 4 is 17.7 Å². The van der Waals surface area contributed by atoms with E-state index in [0.29, 0.717) is 16.5 Å². The third kappa shape index (κ3) is 2.98. The van der Waals surface area contributed by atoms with Crippen molar-refractivity contribution in [2.75, 3.05) is 0 Å². The molecule has 1 aromatic carbocycles. The molecule has 0 spiro atoms. The number of nitrogens with zero attached hydrogens (tertiary/aromatic N) is 1. The summed E-state index contributed by atoms with van der Waals surface area (Å²) in [6, 6.07) is 8.09. The standard InChI is InChI=1S/C12H10N2O3S/c15-10-5-6-13-12(14-10)18-7-8-3-1-2-4-9(8)11(16)17/h1-6H,7H2,(H,16,17)(H,13,14,15). The third-order valence-electron chi connectivity index (χ3n) is 2.26. The monoisotopic (exact) mass is 262 g/mol. The Morgan fingerprint density at radius 2 is 2.11 bits per heavy atom. The highest BCUT2D eigenvalue weighted by atomic mass is 32.2. The van der Waals surface area contributed by atoms with Crippen LogP contribution in [0.2, 0.25) is 0 Å². The van der Waals surface area contributed by atoms with Gasteiger partial charge in [0.2, 0.25) is 0 Å². The summed E-state index contributed by atoms with van der Waals surface area (Å²) in [6.07, 6.45) is 1.42. The number of aromatic nitrogens is 2. The van der Waals surface area contributed by atoms with E-state index in [1.807, 2.05) is 0 Å². The summed E-state index contributed by atoms with van der Waals surface area (Å²) < 4.78 is 0. The SMILES string of the molecule is O=C(O)c1ccccc1CSc1nccc(=O)[nH]1. The van der Waals surface area contributed by atoms with Crippen LogP contribution in [0.4, 0.5) is 0 Å². The minimum absolute atomic E-state index is 0.223. The van der Waals surface area contributed by atoms with Gasteiger partial charge in [0.05, 0.1) is 5.56 Å². The predicted octanol–water partition coefficient (Wildman–Crippen LogP) is 1.76. The Hall–Kier alpha value is -2.08. The molecule has 0 aliphatic rings. The van der Waals surface area contributed by atoms with Gasteiger partial charge in [0.15, 0.2) is 5.16 Å². The lowest BCUT2D eigenvalue weighted by Crippen LogP contribution is -2.06. The number of carboxylic acids is 1. The minimum Gasteiger partial charge on any atom is -0.478 e. The van der Waals surface area contributed by atoms with E-state index in [0.717, 1.165) is 0 Å². The molecule has 0 radical (unpaired) electrons. The average Bonchev–Trinajstić information content (AvgIpc) is 2.37. The Morgan fingerprint density at radius 3 is 2.83 bits per heavy atom. The van der Waals surface area contributed by atoms with E-state index in [2.05, 4.69) is 9.97 Å². The van der Waals surface area contributed by atoms with Crippen LogP contribution < -0.4 is 5.56 Å². The zero-order valence-corrected chi connectivity index (χ0v) is 10.1. The summed E-state index contributed by atoms with van der Waals surface area (Å²) in [4.78, 5) is 28.6. The van der Waals surface area contributed by atoms with Gasteiger partial charge in [-0.3, -0.25) is 4.79 Å². The molecule has 2 aromatic rings. The van der Waals surface area contributed by atoms with Crippen molar-refractivity contribution < 1.29 is 9.90 Å². The molecule has 0 amide bonds. The van der Waals surface area contributed by atoms with Gasteiger partial charge in [-0.15, -0.1) is 0 Å². The number of benzene rings is 1. The maximum atomic E-state index is 11.1. The molecule has 0 saturated carbocycles. The predicted molar refractivity (Wildman–Crippen MR) is 67.8 cm³/mol. The molecule has 0 fully saturated rings. The molecule has 0 unspecified atom stereocenters. The van der Waals surface area contributed by atoms with Crippen molar-refractivity contribution in [1.29, 1.82) is 0 Å². The lowest BCUT2D eigenvalue weighted by Gasteiger charge is -2.04. The molecule has 0 aliphatic carbocycles. The summed E-state index contributed by atoms with van der Waals surface area (Å²) in [5, 5.41) is 9.50. The number of nitrogens with one attached hydrogen (secondary N) is 1. The fourth-order valence-electron chi connectivity index (χ4n) is 1.43. The molecule has 2 rings (SSSR count). The Bertz CT molecular complexity index is 624. The Morgan fingerprint density at radius 1 is 1.33 bits per heavy atom. The molecular formula is C12H10N2O3S. The summed E-state index contributed by atoms with van der Waals surface area (Å²) in [7, 11) is 0. The van der Waals surface area contributed by atoms with Crippen LogP contribution in [0.15, 0.2) is 46.5 Å². The first-order valence-electron chi connectivity index (χ1n) is 5.16. The van der Waals surface area contributed by atoms with E-state index in [1.54, 1.807) is 24.3 Å². The van der Waals surface area contributed by atoms with Gasteiger partial charge in [-0.25, -0.2) is 9.78 Å². The lowest BCUT2D eigenvalue weighted by molar-refractivity contribution is 0.0696. The van der Waals surface area contributed by atoms with Crippen LogP contribution >= 0.6 is 11.8 Å². The molecule has 0 bridgehead atoms. The number of hydrogen-bond acceptors (Lipinski definition) is 4. The van der Waals surface area contributed by atoms with Crippen LogP contribution in [0.25, 0.3) is 0 Å². The highest BCUT2D eigenvalue weighted by molar-refractivity contribution is 7.98. The molecule has 6 heteroatoms. The van der Waals surface area contributed by atoms with E-state index in [4.69, 9.17) is 5.11 Å². The first-order chi connectivity index (χ1) is 8.66. The van der Waals surface area contributed by atoms with Gasteiger partial charge in [0.25, 0.3) is 5.56 Å². The minimum atomic E-state index is -0.958. The van der Waals surface area contributed by atoms with Crippen molar-refractivity contribution in [2.45, 2.75) is 10.9 Å².